The number of aliphatic hydroxyl groups excluding tert-OH is 1. The van der Waals surface area contributed by atoms with Gasteiger partial charge in [-0.1, -0.05) is 26.0 Å². The number of imidazole rings is 1. The molecule has 3 aromatic rings. The van der Waals surface area contributed by atoms with Gasteiger partial charge in [-0.05, 0) is 36.8 Å². The number of hydrogen-bond acceptors (Lipinski definition) is 7. The van der Waals surface area contributed by atoms with Crippen molar-refractivity contribution in [1.82, 2.24) is 19.1 Å². The molecule has 2 aromatic heterocycles. The molecule has 0 aliphatic heterocycles. The molecule has 0 radical (unpaired) electrons. The maximum Gasteiger partial charge on any atom is 0.328 e. The van der Waals surface area contributed by atoms with Crippen LogP contribution in [0.4, 0.5) is 11.8 Å². The van der Waals surface area contributed by atoms with Crippen molar-refractivity contribution in [2.45, 2.75) is 51.8 Å². The van der Waals surface area contributed by atoms with E-state index in [1.54, 1.807) is 16.2 Å². The molecule has 3 N–H and O–H groups in total. The van der Waals surface area contributed by atoms with Gasteiger partial charge in [0.2, 0.25) is 5.95 Å². The Morgan fingerprint density at radius 3 is 2.75 bits per heavy atom. The lowest BCUT2D eigenvalue weighted by Gasteiger charge is -2.40. The van der Waals surface area contributed by atoms with E-state index in [4.69, 9.17) is 0 Å². The lowest BCUT2D eigenvalue weighted by atomic mass is 9.73. The van der Waals surface area contributed by atoms with Crippen molar-refractivity contribution >= 4 is 22.8 Å². The van der Waals surface area contributed by atoms with Crippen LogP contribution in [0, 0.1) is 16.7 Å². The number of aryl methyl sites for hydroxylation is 1. The van der Waals surface area contributed by atoms with Gasteiger partial charge >= 0.3 is 5.69 Å². The Hall–Kier alpha value is -3.38. The standard InChI is InChI=1S/C23H29N7O2/c1-23(2)12-16(8-9-19(23)31)27-20-15(13-24)14-26-21(28-20)25-10-11-30-18-7-5-4-6-17(18)29(3)22(30)32/h4-7,14,16,19,31H,8-12H2,1-3H3,(H2,25,26,27,28)/t16-,19+/m1/s1. The van der Waals surface area contributed by atoms with Crippen LogP contribution < -0.4 is 16.3 Å². The molecule has 4 rings (SSSR count). The third-order valence-corrected chi connectivity index (χ3v) is 6.38. The minimum absolute atomic E-state index is 0.0711. The molecule has 0 amide bonds. The molecule has 0 saturated heterocycles. The van der Waals surface area contributed by atoms with Crippen molar-refractivity contribution in [3.8, 4) is 6.07 Å². The fraction of sp³-hybridized carbons (Fsp3) is 0.478. The second-order valence-electron chi connectivity index (χ2n) is 9.10. The fourth-order valence-electron chi connectivity index (χ4n) is 4.46. The largest absolute Gasteiger partial charge is 0.393 e. The SMILES string of the molecule is Cn1c(=O)n(CCNc2ncc(C#N)c(N[C@@H]3CC[C@H](O)C(C)(C)C3)n2)c2ccccc21. The van der Waals surface area contributed by atoms with Crippen LogP contribution in [0.15, 0.2) is 35.3 Å². The molecular formula is C23H29N7O2. The minimum atomic E-state index is -0.323. The van der Waals surface area contributed by atoms with E-state index in [-0.39, 0.29) is 23.3 Å². The Bertz CT molecular complexity index is 1220. The first kappa shape index (κ1) is 21.8. The van der Waals surface area contributed by atoms with Crippen LogP contribution in [0.1, 0.15) is 38.7 Å². The van der Waals surface area contributed by atoms with E-state index < -0.39 is 0 Å². The topological polar surface area (TPSA) is 121 Å². The van der Waals surface area contributed by atoms with Crippen molar-refractivity contribution in [3.05, 3.63) is 46.5 Å². The van der Waals surface area contributed by atoms with Gasteiger partial charge in [0.25, 0.3) is 0 Å². The van der Waals surface area contributed by atoms with Gasteiger partial charge in [0, 0.05) is 26.2 Å². The van der Waals surface area contributed by atoms with Gasteiger partial charge in [0.05, 0.1) is 23.3 Å². The third-order valence-electron chi connectivity index (χ3n) is 6.38. The number of benzene rings is 1. The molecule has 0 spiro atoms. The van der Waals surface area contributed by atoms with E-state index in [0.29, 0.717) is 36.8 Å². The summed E-state index contributed by atoms with van der Waals surface area (Å²) < 4.78 is 3.36. The van der Waals surface area contributed by atoms with E-state index in [9.17, 15) is 15.2 Å². The number of anilines is 2. The summed E-state index contributed by atoms with van der Waals surface area (Å²) >= 11 is 0. The predicted octanol–water partition coefficient (Wildman–Crippen LogP) is 2.47. The third kappa shape index (κ3) is 4.18. The number of para-hydroxylation sites is 2. The monoisotopic (exact) mass is 435 g/mol. The minimum Gasteiger partial charge on any atom is -0.393 e. The summed E-state index contributed by atoms with van der Waals surface area (Å²) in [6.07, 6.45) is 3.49. The van der Waals surface area contributed by atoms with Gasteiger partial charge in [-0.15, -0.1) is 0 Å². The summed E-state index contributed by atoms with van der Waals surface area (Å²) in [7, 11) is 1.77. The summed E-state index contributed by atoms with van der Waals surface area (Å²) in [4.78, 5) is 21.3. The van der Waals surface area contributed by atoms with Crippen molar-refractivity contribution in [1.29, 1.82) is 5.26 Å². The normalized spacial score (nSPS) is 20.1. The van der Waals surface area contributed by atoms with E-state index >= 15 is 0 Å². The Morgan fingerprint density at radius 2 is 2.03 bits per heavy atom. The Balaban J connectivity index is 1.46. The van der Waals surface area contributed by atoms with Gasteiger partial charge in [-0.2, -0.15) is 10.2 Å². The van der Waals surface area contributed by atoms with E-state index in [1.807, 2.05) is 24.3 Å². The predicted molar refractivity (Wildman–Crippen MR) is 123 cm³/mol. The first-order chi connectivity index (χ1) is 15.3. The number of nitriles is 1. The molecule has 168 valence electrons. The van der Waals surface area contributed by atoms with Gasteiger partial charge in [-0.3, -0.25) is 9.13 Å². The number of nitrogens with one attached hydrogen (secondary N) is 2. The molecule has 1 saturated carbocycles. The highest BCUT2D eigenvalue weighted by Gasteiger charge is 2.35. The average Bonchev–Trinajstić information content (AvgIpc) is 3.01. The van der Waals surface area contributed by atoms with Crippen LogP contribution in [0.3, 0.4) is 0 Å². The Labute approximate surface area is 186 Å². The van der Waals surface area contributed by atoms with Crippen molar-refractivity contribution in [3.63, 3.8) is 0 Å². The van der Waals surface area contributed by atoms with Gasteiger partial charge in [-0.25, -0.2) is 9.78 Å². The van der Waals surface area contributed by atoms with E-state index in [0.717, 1.165) is 23.9 Å². The summed E-state index contributed by atoms with van der Waals surface area (Å²) in [6.45, 7) is 5.03. The number of nitrogens with zero attached hydrogens (tertiary/aromatic N) is 5. The van der Waals surface area contributed by atoms with Crippen molar-refractivity contribution in [2.75, 3.05) is 17.2 Å². The van der Waals surface area contributed by atoms with Crippen molar-refractivity contribution < 1.29 is 5.11 Å². The molecule has 0 bridgehead atoms. The summed E-state index contributed by atoms with van der Waals surface area (Å²) in [5.41, 5.74) is 1.89. The molecular weight excluding hydrogens is 406 g/mol. The second kappa shape index (κ2) is 8.63. The molecule has 9 heteroatoms. The number of rotatable bonds is 6. The number of aliphatic hydroxyl groups is 1. The van der Waals surface area contributed by atoms with Gasteiger partial charge in [0.15, 0.2) is 0 Å². The average molecular weight is 436 g/mol. The van der Waals surface area contributed by atoms with Gasteiger partial charge in [0.1, 0.15) is 17.5 Å². The summed E-state index contributed by atoms with van der Waals surface area (Å²) in [5.74, 6) is 0.888. The molecule has 32 heavy (non-hydrogen) atoms. The highest BCUT2D eigenvalue weighted by atomic mass is 16.3. The van der Waals surface area contributed by atoms with Gasteiger partial charge < -0.3 is 15.7 Å². The molecule has 2 heterocycles. The first-order valence-corrected chi connectivity index (χ1v) is 10.9. The molecule has 1 aliphatic carbocycles. The summed E-state index contributed by atoms with van der Waals surface area (Å²) in [5, 5.41) is 26.2. The Morgan fingerprint density at radius 1 is 1.28 bits per heavy atom. The van der Waals surface area contributed by atoms with Crippen LogP contribution in [-0.4, -0.2) is 42.9 Å². The number of fused-ring (bicyclic) bond motifs is 1. The van der Waals surface area contributed by atoms with Crippen LogP contribution >= 0.6 is 0 Å². The molecule has 1 fully saturated rings. The second-order valence-corrected chi connectivity index (χ2v) is 9.10. The van der Waals surface area contributed by atoms with Crippen LogP contribution in [0.2, 0.25) is 0 Å². The molecule has 1 aliphatic rings. The molecule has 2 atom stereocenters. The zero-order chi connectivity index (χ0) is 22.9. The number of aromatic nitrogens is 4. The smallest absolute Gasteiger partial charge is 0.328 e. The van der Waals surface area contributed by atoms with E-state index in [2.05, 4.69) is 40.5 Å². The first-order valence-electron chi connectivity index (χ1n) is 10.9. The maximum absolute atomic E-state index is 12.6. The lowest BCUT2D eigenvalue weighted by molar-refractivity contribution is 0.00926. The molecule has 9 nitrogen and oxygen atoms in total. The zero-order valence-electron chi connectivity index (χ0n) is 18.7. The Kier molecular flexibility index (Phi) is 5.89. The lowest BCUT2D eigenvalue weighted by Crippen LogP contribution is -2.41. The molecule has 0 unspecified atom stereocenters. The highest BCUT2D eigenvalue weighted by Crippen LogP contribution is 2.36. The van der Waals surface area contributed by atoms with E-state index in [1.165, 1.54) is 6.20 Å². The molecule has 1 aromatic carbocycles. The summed E-state index contributed by atoms with van der Waals surface area (Å²) in [6, 6.07) is 9.95. The number of hydrogen-bond donors (Lipinski definition) is 3. The maximum atomic E-state index is 12.6. The fourth-order valence-corrected chi connectivity index (χ4v) is 4.46. The van der Waals surface area contributed by atoms with Crippen LogP contribution in [0.5, 0.6) is 0 Å². The van der Waals surface area contributed by atoms with Crippen molar-refractivity contribution in [2.24, 2.45) is 12.5 Å². The van der Waals surface area contributed by atoms with Crippen LogP contribution in [-0.2, 0) is 13.6 Å². The zero-order valence-corrected chi connectivity index (χ0v) is 18.7. The van der Waals surface area contributed by atoms with Crippen LogP contribution in [0.25, 0.3) is 11.0 Å². The highest BCUT2D eigenvalue weighted by molar-refractivity contribution is 5.75. The quantitative estimate of drug-likeness (QED) is 0.544.